The SMILES string of the molecule is CCN1C(=O)[C@H](NC(=O)c2cccc(C(F)(F)F)c2)[C@H](c2ccc(F)cc2)c2c(C(=O)N3CCC[C@H]3C#N)nn(-c3cccc(OCCCN4CCC5(CC4)COC5)c3)c21. The maximum Gasteiger partial charge on any atom is 0.416 e. The summed E-state index contributed by atoms with van der Waals surface area (Å²) in [7, 11) is 0. The standard InChI is InChI=1S/C44H45F4N7O5/c1-2-53-40-36(35(28-12-14-31(45)15-13-28)37(41(53)57)50-39(56)29-7-3-8-30(23-29)44(46,47)48)38(42(58)54-19-5-10-33(54)25-49)51-55(40)32-9-4-11-34(24-32)60-22-6-18-52-20-16-43(17-21-52)26-59-27-43/h3-4,7-9,11-15,23-24,33,35,37H,2,5-6,10,16-22,26-27H2,1H3,(H,50,56)/t33-,35+,37+/m0/s1. The lowest BCUT2D eigenvalue weighted by Gasteiger charge is -2.47. The number of nitrogens with one attached hydrogen (secondary N) is 1. The van der Waals surface area contributed by atoms with Crippen molar-refractivity contribution in [2.75, 3.05) is 57.4 Å². The van der Waals surface area contributed by atoms with Gasteiger partial charge < -0.3 is 24.6 Å². The number of carbonyl (C=O) groups excluding carboxylic acids is 3. The molecule has 0 radical (unpaired) electrons. The van der Waals surface area contributed by atoms with Gasteiger partial charge in [0.05, 0.1) is 37.1 Å². The normalized spacial score (nSPS) is 21.3. The van der Waals surface area contributed by atoms with E-state index >= 15 is 0 Å². The summed E-state index contributed by atoms with van der Waals surface area (Å²) in [5.74, 6) is -3.16. The number of alkyl halides is 3. The Balaban J connectivity index is 1.17. The number of piperidine rings is 1. The molecule has 3 fully saturated rings. The van der Waals surface area contributed by atoms with Gasteiger partial charge in [-0.2, -0.15) is 23.5 Å². The quantitative estimate of drug-likeness (QED) is 0.137. The van der Waals surface area contributed by atoms with E-state index in [4.69, 9.17) is 14.6 Å². The molecule has 5 heterocycles. The van der Waals surface area contributed by atoms with Gasteiger partial charge in [0, 0.05) is 48.2 Å². The molecule has 16 heteroatoms. The van der Waals surface area contributed by atoms with Crippen molar-refractivity contribution in [1.29, 1.82) is 5.26 Å². The van der Waals surface area contributed by atoms with Crippen LogP contribution in [0.5, 0.6) is 5.75 Å². The zero-order valence-electron chi connectivity index (χ0n) is 33.1. The van der Waals surface area contributed by atoms with Crippen molar-refractivity contribution in [2.45, 2.75) is 63.2 Å². The van der Waals surface area contributed by atoms with E-state index in [1.807, 2.05) is 0 Å². The highest BCUT2D eigenvalue weighted by Crippen LogP contribution is 2.45. The highest BCUT2D eigenvalue weighted by molar-refractivity contribution is 6.07. The highest BCUT2D eigenvalue weighted by Gasteiger charge is 2.48. The van der Waals surface area contributed by atoms with E-state index in [0.717, 1.165) is 64.2 Å². The third kappa shape index (κ3) is 7.95. The average Bonchev–Trinajstić information content (AvgIpc) is 3.88. The number of benzene rings is 3. The number of rotatable bonds is 11. The topological polar surface area (TPSA) is 133 Å². The minimum Gasteiger partial charge on any atom is -0.493 e. The highest BCUT2D eigenvalue weighted by atomic mass is 19.4. The summed E-state index contributed by atoms with van der Waals surface area (Å²) in [5.41, 5.74) is -0.0905. The molecule has 1 N–H and O–H groups in total. The number of carbonyl (C=O) groups is 3. The summed E-state index contributed by atoms with van der Waals surface area (Å²) in [4.78, 5) is 48.5. The molecule has 3 saturated heterocycles. The zero-order valence-corrected chi connectivity index (χ0v) is 33.1. The third-order valence-electron chi connectivity index (χ3n) is 12.2. The van der Waals surface area contributed by atoms with Crippen molar-refractivity contribution in [2.24, 2.45) is 5.41 Å². The van der Waals surface area contributed by atoms with Gasteiger partial charge in [-0.15, -0.1) is 0 Å². The van der Waals surface area contributed by atoms with E-state index in [1.54, 1.807) is 31.2 Å². The Kier molecular flexibility index (Phi) is 11.4. The average molecular weight is 828 g/mol. The smallest absolute Gasteiger partial charge is 0.416 e. The molecule has 60 heavy (non-hydrogen) atoms. The first kappa shape index (κ1) is 41.0. The number of halogens is 4. The van der Waals surface area contributed by atoms with Gasteiger partial charge in [-0.25, -0.2) is 9.07 Å². The number of hydrogen-bond acceptors (Lipinski definition) is 8. The molecule has 3 amide bonds. The van der Waals surface area contributed by atoms with E-state index in [1.165, 1.54) is 44.8 Å². The number of likely N-dealkylation sites (N-methyl/N-ethyl adjacent to an activating group) is 1. The molecule has 0 saturated carbocycles. The number of nitrogens with zero attached hydrogens (tertiary/aromatic N) is 6. The van der Waals surface area contributed by atoms with E-state index in [0.29, 0.717) is 47.9 Å². The molecule has 4 aromatic rings. The Bertz CT molecular complexity index is 2290. The summed E-state index contributed by atoms with van der Waals surface area (Å²) < 4.78 is 68.6. The zero-order chi connectivity index (χ0) is 42.2. The Morgan fingerprint density at radius 3 is 2.47 bits per heavy atom. The molecule has 1 spiro atoms. The Labute approximate surface area is 344 Å². The maximum absolute atomic E-state index is 14.8. The first-order valence-electron chi connectivity index (χ1n) is 20.3. The van der Waals surface area contributed by atoms with Gasteiger partial charge in [0.25, 0.3) is 17.7 Å². The Morgan fingerprint density at radius 2 is 1.78 bits per heavy atom. The van der Waals surface area contributed by atoms with Crippen LogP contribution in [0.3, 0.4) is 0 Å². The van der Waals surface area contributed by atoms with Crippen LogP contribution in [0.4, 0.5) is 23.4 Å². The fourth-order valence-corrected chi connectivity index (χ4v) is 8.82. The van der Waals surface area contributed by atoms with E-state index in [2.05, 4.69) is 16.3 Å². The Morgan fingerprint density at radius 1 is 1.03 bits per heavy atom. The predicted molar refractivity (Wildman–Crippen MR) is 211 cm³/mol. The minimum absolute atomic E-state index is 0.0442. The first-order chi connectivity index (χ1) is 28.9. The van der Waals surface area contributed by atoms with Crippen LogP contribution >= 0.6 is 0 Å². The van der Waals surface area contributed by atoms with Crippen LogP contribution in [0, 0.1) is 22.6 Å². The number of anilines is 1. The molecular weight excluding hydrogens is 783 g/mol. The molecule has 8 rings (SSSR count). The van der Waals surface area contributed by atoms with Crippen molar-refractivity contribution < 1.29 is 41.4 Å². The van der Waals surface area contributed by atoms with Crippen LogP contribution < -0.4 is 15.0 Å². The number of hydrogen-bond donors (Lipinski definition) is 1. The molecule has 0 bridgehead atoms. The van der Waals surface area contributed by atoms with E-state index in [9.17, 15) is 37.2 Å². The predicted octanol–water partition coefficient (Wildman–Crippen LogP) is 6.34. The Hall–Kier alpha value is -5.79. The van der Waals surface area contributed by atoms with Crippen LogP contribution in [0.25, 0.3) is 5.69 Å². The summed E-state index contributed by atoms with van der Waals surface area (Å²) in [5, 5.41) is 17.5. The molecule has 12 nitrogen and oxygen atoms in total. The largest absolute Gasteiger partial charge is 0.493 e. The van der Waals surface area contributed by atoms with Gasteiger partial charge in [-0.3, -0.25) is 19.3 Å². The number of ether oxygens (including phenoxy) is 2. The summed E-state index contributed by atoms with van der Waals surface area (Å²) >= 11 is 0. The van der Waals surface area contributed by atoms with Gasteiger partial charge in [-0.1, -0.05) is 24.3 Å². The molecule has 4 aliphatic heterocycles. The molecule has 4 aliphatic rings. The minimum atomic E-state index is -4.73. The number of aromatic nitrogens is 2. The number of amides is 3. The van der Waals surface area contributed by atoms with Crippen molar-refractivity contribution in [3.63, 3.8) is 0 Å². The molecule has 0 aliphatic carbocycles. The molecule has 0 unspecified atom stereocenters. The molecule has 314 valence electrons. The van der Waals surface area contributed by atoms with Crippen LogP contribution in [0.2, 0.25) is 0 Å². The van der Waals surface area contributed by atoms with Crippen molar-refractivity contribution in [3.05, 3.63) is 107 Å². The molecule has 3 aromatic carbocycles. The first-order valence-corrected chi connectivity index (χ1v) is 20.3. The van der Waals surface area contributed by atoms with Crippen LogP contribution in [0.1, 0.15) is 82.5 Å². The number of nitriles is 1. The van der Waals surface area contributed by atoms with E-state index < -0.39 is 53.3 Å². The van der Waals surface area contributed by atoms with Crippen LogP contribution in [-0.2, 0) is 15.7 Å². The summed E-state index contributed by atoms with van der Waals surface area (Å²) in [6.45, 7) is 7.12. The van der Waals surface area contributed by atoms with Crippen LogP contribution in [0.15, 0.2) is 72.8 Å². The van der Waals surface area contributed by atoms with Gasteiger partial charge >= 0.3 is 6.18 Å². The number of fused-ring (bicyclic) bond motifs is 1. The summed E-state index contributed by atoms with van der Waals surface area (Å²) in [6.07, 6.45) is -0.639. The lowest BCUT2D eigenvalue weighted by Crippen LogP contribution is -2.55. The fourth-order valence-electron chi connectivity index (χ4n) is 8.82. The second-order valence-electron chi connectivity index (χ2n) is 16.0. The van der Waals surface area contributed by atoms with Crippen LogP contribution in [-0.4, -0.2) is 102 Å². The van der Waals surface area contributed by atoms with Crippen molar-refractivity contribution >= 4 is 23.5 Å². The molecular formula is C44H45F4N7O5. The molecule has 3 atom stereocenters. The third-order valence-corrected chi connectivity index (χ3v) is 12.2. The van der Waals surface area contributed by atoms with Gasteiger partial charge in [0.2, 0.25) is 0 Å². The van der Waals surface area contributed by atoms with Gasteiger partial charge in [0.1, 0.15) is 29.5 Å². The summed E-state index contributed by atoms with van der Waals surface area (Å²) in [6, 6.07) is 16.1. The van der Waals surface area contributed by atoms with E-state index in [-0.39, 0.29) is 35.7 Å². The second-order valence-corrected chi connectivity index (χ2v) is 16.0. The van der Waals surface area contributed by atoms with Gasteiger partial charge in [0.15, 0.2) is 5.69 Å². The lowest BCUT2D eigenvalue weighted by atomic mass is 9.77. The number of likely N-dealkylation sites (tertiary alicyclic amines) is 2. The van der Waals surface area contributed by atoms with Crippen molar-refractivity contribution in [1.82, 2.24) is 24.9 Å². The molecule has 1 aromatic heterocycles. The second kappa shape index (κ2) is 16.7. The lowest BCUT2D eigenvalue weighted by molar-refractivity contribution is -0.139. The monoisotopic (exact) mass is 827 g/mol. The van der Waals surface area contributed by atoms with Gasteiger partial charge in [-0.05, 0) is 100 Å². The fraction of sp³-hybridized carbons (Fsp3) is 0.432. The maximum atomic E-state index is 14.8. The van der Waals surface area contributed by atoms with Crippen molar-refractivity contribution in [3.8, 4) is 17.5 Å².